The highest BCUT2D eigenvalue weighted by molar-refractivity contribution is 5.33. The van der Waals surface area contributed by atoms with E-state index in [9.17, 15) is 4.39 Å². The second-order valence-electron chi connectivity index (χ2n) is 5.60. The maximum Gasteiger partial charge on any atom is 0.123 e. The summed E-state index contributed by atoms with van der Waals surface area (Å²) in [5, 5.41) is 3.32. The van der Waals surface area contributed by atoms with E-state index in [2.05, 4.69) is 33.0 Å². The summed E-state index contributed by atoms with van der Waals surface area (Å²) in [5.74, 6) is 1.68. The van der Waals surface area contributed by atoms with E-state index >= 15 is 0 Å². The smallest absolute Gasteiger partial charge is 0.123 e. The molecule has 108 valence electrons. The summed E-state index contributed by atoms with van der Waals surface area (Å²) in [6.07, 6.45) is 1.09. The van der Waals surface area contributed by atoms with Crippen LogP contribution in [0.25, 0.3) is 0 Å². The standard InChI is InChI=1S/C16H26FNO/c1-5-13(4)11-19-16-7-6-15(17)8-14(16)10-18-9-12(2)3/h6-8,12-13,18H,5,9-11H2,1-4H3. The summed E-state index contributed by atoms with van der Waals surface area (Å²) in [7, 11) is 0. The van der Waals surface area contributed by atoms with Crippen molar-refractivity contribution in [1.82, 2.24) is 5.32 Å². The summed E-state index contributed by atoms with van der Waals surface area (Å²) in [5.41, 5.74) is 0.893. The normalized spacial score (nSPS) is 12.7. The number of hydrogen-bond donors (Lipinski definition) is 1. The molecule has 19 heavy (non-hydrogen) atoms. The summed E-state index contributed by atoms with van der Waals surface area (Å²) in [4.78, 5) is 0. The van der Waals surface area contributed by atoms with Crippen molar-refractivity contribution in [2.75, 3.05) is 13.2 Å². The molecule has 0 fully saturated rings. The van der Waals surface area contributed by atoms with Gasteiger partial charge in [0.1, 0.15) is 11.6 Å². The Morgan fingerprint density at radius 1 is 1.26 bits per heavy atom. The average molecular weight is 267 g/mol. The van der Waals surface area contributed by atoms with Gasteiger partial charge in [0.25, 0.3) is 0 Å². The predicted octanol–water partition coefficient (Wildman–Crippen LogP) is 4.00. The topological polar surface area (TPSA) is 21.3 Å². The minimum atomic E-state index is -0.211. The molecule has 1 aromatic rings. The summed E-state index contributed by atoms with van der Waals surface area (Å²) < 4.78 is 19.1. The molecule has 2 nitrogen and oxygen atoms in total. The lowest BCUT2D eigenvalue weighted by Crippen LogP contribution is -2.20. The lowest BCUT2D eigenvalue weighted by atomic mass is 10.1. The Labute approximate surface area is 116 Å². The quantitative estimate of drug-likeness (QED) is 0.768. The summed E-state index contributed by atoms with van der Waals surface area (Å²) >= 11 is 0. The Bertz CT molecular complexity index is 379. The third kappa shape index (κ3) is 6.06. The van der Waals surface area contributed by atoms with E-state index in [0.717, 1.165) is 24.3 Å². The van der Waals surface area contributed by atoms with Gasteiger partial charge < -0.3 is 10.1 Å². The van der Waals surface area contributed by atoms with Crippen molar-refractivity contribution < 1.29 is 9.13 Å². The van der Waals surface area contributed by atoms with Crippen LogP contribution in [-0.2, 0) is 6.54 Å². The van der Waals surface area contributed by atoms with Gasteiger partial charge in [0.15, 0.2) is 0 Å². The van der Waals surface area contributed by atoms with Gasteiger partial charge in [0.2, 0.25) is 0 Å². The minimum absolute atomic E-state index is 0.211. The molecule has 0 aromatic heterocycles. The van der Waals surface area contributed by atoms with Gasteiger partial charge in [0.05, 0.1) is 6.61 Å². The van der Waals surface area contributed by atoms with Crippen molar-refractivity contribution in [3.05, 3.63) is 29.6 Å². The second kappa shape index (κ2) is 8.16. The van der Waals surface area contributed by atoms with Crippen LogP contribution in [0.5, 0.6) is 5.75 Å². The Morgan fingerprint density at radius 2 is 2.00 bits per heavy atom. The first kappa shape index (κ1) is 16.0. The van der Waals surface area contributed by atoms with Crippen LogP contribution in [0.1, 0.15) is 39.7 Å². The van der Waals surface area contributed by atoms with Crippen molar-refractivity contribution in [2.45, 2.75) is 40.7 Å². The SMILES string of the molecule is CCC(C)COc1ccc(F)cc1CNCC(C)C. The first-order chi connectivity index (χ1) is 9.02. The molecule has 3 heteroatoms. The van der Waals surface area contributed by atoms with Gasteiger partial charge in [-0.2, -0.15) is 0 Å². The number of benzene rings is 1. The van der Waals surface area contributed by atoms with Crippen molar-refractivity contribution in [1.29, 1.82) is 0 Å². The number of ether oxygens (including phenoxy) is 1. The fraction of sp³-hybridized carbons (Fsp3) is 0.625. The number of nitrogens with one attached hydrogen (secondary N) is 1. The van der Waals surface area contributed by atoms with Crippen LogP contribution in [0, 0.1) is 17.7 Å². The highest BCUT2D eigenvalue weighted by atomic mass is 19.1. The Hall–Kier alpha value is -1.09. The largest absolute Gasteiger partial charge is 0.493 e. The Balaban J connectivity index is 2.63. The van der Waals surface area contributed by atoms with Gasteiger partial charge >= 0.3 is 0 Å². The van der Waals surface area contributed by atoms with Gasteiger partial charge in [-0.05, 0) is 36.6 Å². The second-order valence-corrected chi connectivity index (χ2v) is 5.60. The third-order valence-corrected chi connectivity index (χ3v) is 3.11. The molecular weight excluding hydrogens is 241 g/mol. The number of hydrogen-bond acceptors (Lipinski definition) is 2. The summed E-state index contributed by atoms with van der Waals surface area (Å²) in [6.45, 7) is 10.8. The molecule has 1 unspecified atom stereocenters. The molecule has 1 atom stereocenters. The van der Waals surface area contributed by atoms with Crippen LogP contribution < -0.4 is 10.1 Å². The number of halogens is 1. The van der Waals surface area contributed by atoms with Crippen molar-refractivity contribution >= 4 is 0 Å². The average Bonchev–Trinajstić information content (AvgIpc) is 2.37. The molecule has 1 aromatic carbocycles. The van der Waals surface area contributed by atoms with Crippen LogP contribution in [0.3, 0.4) is 0 Å². The maximum absolute atomic E-state index is 13.3. The van der Waals surface area contributed by atoms with E-state index in [1.165, 1.54) is 6.07 Å². The molecule has 0 bridgehead atoms. The van der Waals surface area contributed by atoms with Crippen LogP contribution >= 0.6 is 0 Å². The van der Waals surface area contributed by atoms with Gasteiger partial charge in [-0.1, -0.05) is 34.1 Å². The molecule has 0 spiro atoms. The molecule has 1 N–H and O–H groups in total. The highest BCUT2D eigenvalue weighted by Gasteiger charge is 2.07. The molecule has 0 saturated heterocycles. The van der Waals surface area contributed by atoms with Crippen LogP contribution in [0.15, 0.2) is 18.2 Å². The van der Waals surface area contributed by atoms with Gasteiger partial charge in [-0.3, -0.25) is 0 Å². The third-order valence-electron chi connectivity index (χ3n) is 3.11. The van der Waals surface area contributed by atoms with Crippen LogP contribution in [0.2, 0.25) is 0 Å². The maximum atomic E-state index is 13.3. The summed E-state index contributed by atoms with van der Waals surface area (Å²) in [6, 6.07) is 4.74. The number of rotatable bonds is 8. The molecule has 1 rings (SSSR count). The van der Waals surface area contributed by atoms with E-state index in [4.69, 9.17) is 4.74 Å². The molecule has 0 aliphatic rings. The van der Waals surface area contributed by atoms with Gasteiger partial charge in [0, 0.05) is 12.1 Å². The van der Waals surface area contributed by atoms with Crippen molar-refractivity contribution in [3.63, 3.8) is 0 Å². The minimum Gasteiger partial charge on any atom is -0.493 e. The molecule has 0 heterocycles. The molecule has 0 saturated carbocycles. The monoisotopic (exact) mass is 267 g/mol. The molecule has 0 radical (unpaired) electrons. The van der Waals surface area contributed by atoms with Crippen LogP contribution in [0.4, 0.5) is 4.39 Å². The van der Waals surface area contributed by atoms with Gasteiger partial charge in [-0.25, -0.2) is 4.39 Å². The molecule has 0 aliphatic carbocycles. The van der Waals surface area contributed by atoms with E-state index in [0.29, 0.717) is 25.0 Å². The highest BCUT2D eigenvalue weighted by Crippen LogP contribution is 2.20. The lowest BCUT2D eigenvalue weighted by Gasteiger charge is -2.15. The van der Waals surface area contributed by atoms with Crippen molar-refractivity contribution in [2.24, 2.45) is 11.8 Å². The van der Waals surface area contributed by atoms with Crippen molar-refractivity contribution in [3.8, 4) is 5.75 Å². The zero-order chi connectivity index (χ0) is 14.3. The Kier molecular flexibility index (Phi) is 6.85. The van der Waals surface area contributed by atoms with Gasteiger partial charge in [-0.15, -0.1) is 0 Å². The van der Waals surface area contributed by atoms with E-state index < -0.39 is 0 Å². The molecule has 0 amide bonds. The zero-order valence-corrected chi connectivity index (χ0v) is 12.5. The van der Waals surface area contributed by atoms with Crippen LogP contribution in [-0.4, -0.2) is 13.2 Å². The van der Waals surface area contributed by atoms with E-state index in [-0.39, 0.29) is 5.82 Å². The van der Waals surface area contributed by atoms with E-state index in [1.54, 1.807) is 12.1 Å². The Morgan fingerprint density at radius 3 is 2.63 bits per heavy atom. The fourth-order valence-electron chi connectivity index (χ4n) is 1.67. The predicted molar refractivity (Wildman–Crippen MR) is 77.9 cm³/mol. The van der Waals surface area contributed by atoms with E-state index in [1.807, 2.05) is 0 Å². The first-order valence-electron chi connectivity index (χ1n) is 7.14. The fourth-order valence-corrected chi connectivity index (χ4v) is 1.67. The molecular formula is C16H26FNO. The first-order valence-corrected chi connectivity index (χ1v) is 7.14. The zero-order valence-electron chi connectivity index (χ0n) is 12.5. The lowest BCUT2D eigenvalue weighted by molar-refractivity contribution is 0.253. The molecule has 0 aliphatic heterocycles.